The monoisotopic (exact) mass is 242 g/mol. The van der Waals surface area contributed by atoms with Gasteiger partial charge in [-0.2, -0.15) is 0 Å². The highest BCUT2D eigenvalue weighted by Crippen LogP contribution is 2.30. The summed E-state index contributed by atoms with van der Waals surface area (Å²) in [6.07, 6.45) is 1.76. The fraction of sp³-hybridized carbons (Fsp3) is 0.417. The SMILES string of the molecule is CCCC(CC(=O)O)Sc1ccccc1F. The van der Waals surface area contributed by atoms with Crippen LogP contribution in [0, 0.1) is 5.82 Å². The number of thioether (sulfide) groups is 1. The average molecular weight is 242 g/mol. The molecule has 0 saturated heterocycles. The first-order valence-electron chi connectivity index (χ1n) is 5.26. The normalized spacial score (nSPS) is 12.4. The molecule has 0 aliphatic rings. The van der Waals surface area contributed by atoms with Crippen LogP contribution in [0.1, 0.15) is 26.2 Å². The molecule has 1 atom stereocenters. The molecule has 2 nitrogen and oxygen atoms in total. The summed E-state index contributed by atoms with van der Waals surface area (Å²) >= 11 is 1.31. The van der Waals surface area contributed by atoms with Crippen molar-refractivity contribution in [2.75, 3.05) is 0 Å². The molecule has 0 spiro atoms. The molecule has 0 radical (unpaired) electrons. The third-order valence-corrected chi connectivity index (χ3v) is 3.46. The van der Waals surface area contributed by atoms with E-state index in [0.29, 0.717) is 4.90 Å². The summed E-state index contributed by atoms with van der Waals surface area (Å²) in [4.78, 5) is 11.2. The minimum atomic E-state index is -0.831. The number of hydrogen-bond donors (Lipinski definition) is 1. The Hall–Kier alpha value is -1.03. The molecule has 0 bridgehead atoms. The van der Waals surface area contributed by atoms with Gasteiger partial charge in [0.15, 0.2) is 0 Å². The van der Waals surface area contributed by atoms with E-state index in [1.807, 2.05) is 6.92 Å². The van der Waals surface area contributed by atoms with Gasteiger partial charge in [-0.1, -0.05) is 25.5 Å². The van der Waals surface area contributed by atoms with Crippen LogP contribution >= 0.6 is 11.8 Å². The highest BCUT2D eigenvalue weighted by molar-refractivity contribution is 8.00. The lowest BCUT2D eigenvalue weighted by Crippen LogP contribution is -2.09. The first-order valence-corrected chi connectivity index (χ1v) is 6.14. The van der Waals surface area contributed by atoms with E-state index in [2.05, 4.69) is 0 Å². The number of halogens is 1. The summed E-state index contributed by atoms with van der Waals surface area (Å²) in [5, 5.41) is 8.69. The Kier molecular flexibility index (Phi) is 5.32. The Morgan fingerprint density at radius 1 is 1.50 bits per heavy atom. The average Bonchev–Trinajstić information content (AvgIpc) is 2.21. The van der Waals surface area contributed by atoms with Gasteiger partial charge in [-0.15, -0.1) is 11.8 Å². The second kappa shape index (κ2) is 6.53. The zero-order valence-corrected chi connectivity index (χ0v) is 9.97. The topological polar surface area (TPSA) is 37.3 Å². The smallest absolute Gasteiger partial charge is 0.304 e. The molecular weight excluding hydrogens is 227 g/mol. The standard InChI is InChI=1S/C12H15FO2S/c1-2-5-9(8-12(14)15)16-11-7-4-3-6-10(11)13/h3-4,6-7,9H,2,5,8H2,1H3,(H,14,15). The summed E-state index contributed by atoms with van der Waals surface area (Å²) in [7, 11) is 0. The van der Waals surface area contributed by atoms with Crippen molar-refractivity contribution in [1.82, 2.24) is 0 Å². The molecule has 0 aromatic heterocycles. The number of hydrogen-bond acceptors (Lipinski definition) is 2. The molecule has 0 amide bonds. The van der Waals surface area contributed by atoms with Gasteiger partial charge < -0.3 is 5.11 Å². The van der Waals surface area contributed by atoms with Crippen LogP contribution < -0.4 is 0 Å². The van der Waals surface area contributed by atoms with E-state index in [0.717, 1.165) is 12.8 Å². The number of benzene rings is 1. The Bertz CT molecular complexity index is 355. The second-order valence-electron chi connectivity index (χ2n) is 3.56. The summed E-state index contributed by atoms with van der Waals surface area (Å²) in [5.41, 5.74) is 0. The molecule has 4 heteroatoms. The Balaban J connectivity index is 2.67. The lowest BCUT2D eigenvalue weighted by atomic mass is 10.2. The zero-order valence-electron chi connectivity index (χ0n) is 9.15. The molecule has 1 N–H and O–H groups in total. The van der Waals surface area contributed by atoms with Crippen molar-refractivity contribution in [2.45, 2.75) is 36.3 Å². The van der Waals surface area contributed by atoms with E-state index in [4.69, 9.17) is 5.11 Å². The van der Waals surface area contributed by atoms with Gasteiger partial charge in [-0.05, 0) is 18.6 Å². The molecule has 88 valence electrons. The number of rotatable bonds is 6. The maximum Gasteiger partial charge on any atom is 0.304 e. The molecule has 16 heavy (non-hydrogen) atoms. The van der Waals surface area contributed by atoms with Crippen LogP contribution in [0.25, 0.3) is 0 Å². The number of carbonyl (C=O) groups is 1. The van der Waals surface area contributed by atoms with Crippen molar-refractivity contribution in [1.29, 1.82) is 0 Å². The third-order valence-electron chi connectivity index (χ3n) is 2.14. The maximum atomic E-state index is 13.4. The predicted octanol–water partition coefficient (Wildman–Crippen LogP) is 3.56. The van der Waals surface area contributed by atoms with Crippen molar-refractivity contribution in [3.05, 3.63) is 30.1 Å². The quantitative estimate of drug-likeness (QED) is 0.775. The van der Waals surface area contributed by atoms with E-state index in [-0.39, 0.29) is 17.5 Å². The summed E-state index contributed by atoms with van der Waals surface area (Å²) in [5.74, 6) is -1.11. The van der Waals surface area contributed by atoms with E-state index in [9.17, 15) is 9.18 Å². The molecule has 0 aliphatic heterocycles. The maximum absolute atomic E-state index is 13.4. The number of carboxylic acid groups (broad SMARTS) is 1. The van der Waals surface area contributed by atoms with Crippen LogP contribution in [0.2, 0.25) is 0 Å². The van der Waals surface area contributed by atoms with Crippen LogP contribution in [0.5, 0.6) is 0 Å². The van der Waals surface area contributed by atoms with E-state index < -0.39 is 5.97 Å². The molecular formula is C12H15FO2S. The van der Waals surface area contributed by atoms with Crippen molar-refractivity contribution >= 4 is 17.7 Å². The second-order valence-corrected chi connectivity index (χ2v) is 4.90. The Labute approximate surface area is 98.9 Å². The number of carboxylic acids is 1. The van der Waals surface area contributed by atoms with Crippen molar-refractivity contribution in [3.63, 3.8) is 0 Å². The molecule has 1 aromatic rings. The largest absolute Gasteiger partial charge is 0.481 e. The van der Waals surface area contributed by atoms with Gasteiger partial charge in [0.25, 0.3) is 0 Å². The van der Waals surface area contributed by atoms with Crippen LogP contribution in [-0.2, 0) is 4.79 Å². The van der Waals surface area contributed by atoms with Crippen LogP contribution in [0.15, 0.2) is 29.2 Å². The summed E-state index contributed by atoms with van der Waals surface area (Å²) in [6.45, 7) is 2.00. The Morgan fingerprint density at radius 2 is 2.19 bits per heavy atom. The van der Waals surface area contributed by atoms with Gasteiger partial charge in [0, 0.05) is 10.1 Å². The Morgan fingerprint density at radius 3 is 2.75 bits per heavy atom. The highest BCUT2D eigenvalue weighted by atomic mass is 32.2. The molecule has 0 saturated carbocycles. The molecule has 0 aliphatic carbocycles. The lowest BCUT2D eigenvalue weighted by molar-refractivity contribution is -0.137. The first kappa shape index (κ1) is 13.0. The molecule has 1 unspecified atom stereocenters. The molecule has 1 rings (SSSR count). The van der Waals surface area contributed by atoms with Gasteiger partial charge in [0.2, 0.25) is 0 Å². The van der Waals surface area contributed by atoms with Gasteiger partial charge in [0.1, 0.15) is 5.82 Å². The first-order chi connectivity index (χ1) is 7.63. The van der Waals surface area contributed by atoms with E-state index in [1.54, 1.807) is 18.2 Å². The van der Waals surface area contributed by atoms with Crippen LogP contribution in [0.3, 0.4) is 0 Å². The minimum absolute atomic E-state index is 0.0561. The van der Waals surface area contributed by atoms with Crippen molar-refractivity contribution < 1.29 is 14.3 Å². The fourth-order valence-electron chi connectivity index (χ4n) is 1.44. The van der Waals surface area contributed by atoms with Crippen molar-refractivity contribution in [3.8, 4) is 0 Å². The van der Waals surface area contributed by atoms with Crippen LogP contribution in [-0.4, -0.2) is 16.3 Å². The van der Waals surface area contributed by atoms with Crippen molar-refractivity contribution in [2.24, 2.45) is 0 Å². The highest BCUT2D eigenvalue weighted by Gasteiger charge is 2.15. The summed E-state index contributed by atoms with van der Waals surface area (Å²) < 4.78 is 13.4. The van der Waals surface area contributed by atoms with E-state index in [1.165, 1.54) is 17.8 Å². The molecule has 0 fully saturated rings. The van der Waals surface area contributed by atoms with Gasteiger partial charge >= 0.3 is 5.97 Å². The third kappa shape index (κ3) is 4.23. The fourth-order valence-corrected chi connectivity index (χ4v) is 2.72. The van der Waals surface area contributed by atoms with Crippen LogP contribution in [0.4, 0.5) is 4.39 Å². The summed E-state index contributed by atoms with van der Waals surface area (Å²) in [6, 6.07) is 6.47. The van der Waals surface area contributed by atoms with Gasteiger partial charge in [-0.25, -0.2) is 4.39 Å². The van der Waals surface area contributed by atoms with Gasteiger partial charge in [-0.3, -0.25) is 4.79 Å². The van der Waals surface area contributed by atoms with Gasteiger partial charge in [0.05, 0.1) is 6.42 Å². The predicted molar refractivity (Wildman–Crippen MR) is 63.2 cm³/mol. The molecule has 0 heterocycles. The number of aliphatic carboxylic acids is 1. The lowest BCUT2D eigenvalue weighted by Gasteiger charge is -2.13. The molecule has 1 aromatic carbocycles. The zero-order chi connectivity index (χ0) is 12.0. The van der Waals surface area contributed by atoms with E-state index >= 15 is 0 Å². The minimum Gasteiger partial charge on any atom is -0.481 e.